The second kappa shape index (κ2) is 6.92. The molecule has 0 aromatic rings. The molecule has 0 radical (unpaired) electrons. The predicted octanol–water partition coefficient (Wildman–Crippen LogP) is 1.51. The van der Waals surface area contributed by atoms with Gasteiger partial charge in [-0.1, -0.05) is 26.5 Å². The minimum absolute atomic E-state index is 0.0132. The van der Waals surface area contributed by atoms with E-state index < -0.39 is 23.2 Å². The summed E-state index contributed by atoms with van der Waals surface area (Å²) in [6, 6.07) is -1.18. The first-order valence-electron chi connectivity index (χ1n) is 5.93. The van der Waals surface area contributed by atoms with Crippen molar-refractivity contribution in [3.8, 4) is 0 Å². The Labute approximate surface area is 112 Å². The number of isocyanates is 1. The monoisotopic (exact) mass is 265 g/mol. The van der Waals surface area contributed by atoms with Gasteiger partial charge in [0.2, 0.25) is 11.7 Å². The molecule has 0 saturated heterocycles. The van der Waals surface area contributed by atoms with Crippen LogP contribution in [0.25, 0.3) is 0 Å². The van der Waals surface area contributed by atoms with Gasteiger partial charge in [0.1, 0.15) is 6.04 Å². The first-order chi connectivity index (χ1) is 8.73. The van der Waals surface area contributed by atoms with Crippen LogP contribution < -0.4 is 0 Å². The molecule has 0 aromatic carbocycles. The van der Waals surface area contributed by atoms with Gasteiger partial charge in [-0.05, 0) is 31.4 Å². The number of aliphatic imine (C=N–C) groups is 1. The van der Waals surface area contributed by atoms with Crippen molar-refractivity contribution < 1.29 is 19.5 Å². The zero-order valence-electron chi connectivity index (χ0n) is 11.5. The summed E-state index contributed by atoms with van der Waals surface area (Å²) >= 11 is 0. The summed E-state index contributed by atoms with van der Waals surface area (Å²) in [5.74, 6) is -1.70. The first kappa shape index (κ1) is 17.2. The summed E-state index contributed by atoms with van der Waals surface area (Å²) in [6.45, 7) is 11.4. The molecular formula is C14H19NO4. The standard InChI is InChI=1S/C14H19NO4/c1-6-7-11(15-8-16)14(19,12(17)9(2)3)13(18)10(4)5/h11,19H,2,4,6-7H2,1,3,5H3. The normalized spacial score (nSPS) is 12.2. The molecule has 0 aromatic heterocycles. The smallest absolute Gasteiger partial charge is 0.235 e. The average molecular weight is 265 g/mol. The van der Waals surface area contributed by atoms with Crippen molar-refractivity contribution in [2.75, 3.05) is 0 Å². The third-order valence-corrected chi connectivity index (χ3v) is 2.72. The molecule has 0 bridgehead atoms. The number of ketones is 2. The third-order valence-electron chi connectivity index (χ3n) is 2.72. The van der Waals surface area contributed by atoms with E-state index in [0.29, 0.717) is 6.42 Å². The molecule has 0 fully saturated rings. The van der Waals surface area contributed by atoms with Gasteiger partial charge in [0.15, 0.2) is 11.6 Å². The van der Waals surface area contributed by atoms with E-state index >= 15 is 0 Å². The van der Waals surface area contributed by atoms with E-state index in [-0.39, 0.29) is 17.6 Å². The number of hydrogen-bond acceptors (Lipinski definition) is 5. The van der Waals surface area contributed by atoms with Gasteiger partial charge in [-0.25, -0.2) is 4.79 Å². The van der Waals surface area contributed by atoms with Crippen LogP contribution in [-0.4, -0.2) is 34.4 Å². The molecule has 5 heteroatoms. The van der Waals surface area contributed by atoms with Gasteiger partial charge in [-0.15, -0.1) is 0 Å². The van der Waals surface area contributed by atoms with Crippen LogP contribution in [0.15, 0.2) is 29.3 Å². The number of Topliss-reactive ketones (excluding diaryl/α,β-unsaturated/α-hetero) is 2. The van der Waals surface area contributed by atoms with Crippen LogP contribution in [0.2, 0.25) is 0 Å². The Bertz CT molecular complexity index is 432. The molecule has 0 aliphatic carbocycles. The second-order valence-corrected chi connectivity index (χ2v) is 4.51. The minimum atomic E-state index is -2.43. The summed E-state index contributed by atoms with van der Waals surface area (Å²) in [5.41, 5.74) is -2.40. The number of hydrogen-bond donors (Lipinski definition) is 1. The molecule has 1 atom stereocenters. The number of aliphatic hydroxyl groups is 1. The lowest BCUT2D eigenvalue weighted by atomic mass is 9.79. The molecule has 0 spiro atoms. The molecule has 0 rings (SSSR count). The predicted molar refractivity (Wildman–Crippen MR) is 71.4 cm³/mol. The zero-order chi connectivity index (χ0) is 15.2. The number of rotatable bonds is 8. The molecule has 0 heterocycles. The maximum atomic E-state index is 12.1. The van der Waals surface area contributed by atoms with Crippen LogP contribution in [0.5, 0.6) is 0 Å². The third kappa shape index (κ3) is 3.56. The molecular weight excluding hydrogens is 246 g/mol. The number of carbonyl (C=O) groups is 2. The lowest BCUT2D eigenvalue weighted by molar-refractivity contribution is -0.148. The molecule has 5 nitrogen and oxygen atoms in total. The van der Waals surface area contributed by atoms with Crippen LogP contribution in [0.4, 0.5) is 0 Å². The Kier molecular flexibility index (Phi) is 6.25. The van der Waals surface area contributed by atoms with E-state index in [0.717, 1.165) is 0 Å². The Morgan fingerprint density at radius 1 is 1.26 bits per heavy atom. The lowest BCUT2D eigenvalue weighted by Crippen LogP contribution is -2.55. The molecule has 19 heavy (non-hydrogen) atoms. The van der Waals surface area contributed by atoms with Crippen molar-refractivity contribution in [3.05, 3.63) is 24.3 Å². The van der Waals surface area contributed by atoms with Gasteiger partial charge in [0.05, 0.1) is 0 Å². The van der Waals surface area contributed by atoms with Gasteiger partial charge in [0, 0.05) is 0 Å². The number of carbonyl (C=O) groups excluding carboxylic acids is 3. The van der Waals surface area contributed by atoms with Crippen molar-refractivity contribution >= 4 is 17.6 Å². The molecule has 104 valence electrons. The highest BCUT2D eigenvalue weighted by atomic mass is 16.3. The fraction of sp³-hybridized carbons (Fsp3) is 0.500. The van der Waals surface area contributed by atoms with E-state index in [2.05, 4.69) is 18.2 Å². The summed E-state index contributed by atoms with van der Waals surface area (Å²) in [6.07, 6.45) is 2.03. The van der Waals surface area contributed by atoms with Crippen molar-refractivity contribution in [2.45, 2.75) is 45.3 Å². The summed E-state index contributed by atoms with van der Waals surface area (Å²) in [5, 5.41) is 10.5. The van der Waals surface area contributed by atoms with Crippen LogP contribution in [-0.2, 0) is 14.4 Å². The number of nitrogens with zero attached hydrogens (tertiary/aromatic N) is 1. The van der Waals surface area contributed by atoms with Crippen molar-refractivity contribution in [2.24, 2.45) is 4.99 Å². The van der Waals surface area contributed by atoms with E-state index in [1.54, 1.807) is 6.92 Å². The Morgan fingerprint density at radius 3 is 1.95 bits per heavy atom. The minimum Gasteiger partial charge on any atom is -0.372 e. The van der Waals surface area contributed by atoms with Gasteiger partial charge >= 0.3 is 0 Å². The Hall–Kier alpha value is -1.84. The van der Waals surface area contributed by atoms with Gasteiger partial charge in [-0.2, -0.15) is 4.99 Å². The van der Waals surface area contributed by atoms with Crippen LogP contribution >= 0.6 is 0 Å². The molecule has 0 amide bonds. The maximum Gasteiger partial charge on any atom is 0.235 e. The van der Waals surface area contributed by atoms with E-state index in [9.17, 15) is 19.5 Å². The first-order valence-corrected chi connectivity index (χ1v) is 5.93. The van der Waals surface area contributed by atoms with Crippen LogP contribution in [0.3, 0.4) is 0 Å². The van der Waals surface area contributed by atoms with Crippen molar-refractivity contribution in [1.82, 2.24) is 0 Å². The summed E-state index contributed by atoms with van der Waals surface area (Å²) in [4.78, 5) is 38.1. The SMILES string of the molecule is C=C(C)C(=O)C(O)(C(=O)C(=C)C)C(CCC)N=C=O. The highest BCUT2D eigenvalue weighted by molar-refractivity contribution is 6.22. The average Bonchev–Trinajstić information content (AvgIpc) is 2.35. The molecule has 0 aliphatic rings. The van der Waals surface area contributed by atoms with Crippen molar-refractivity contribution in [1.29, 1.82) is 0 Å². The summed E-state index contributed by atoms with van der Waals surface area (Å²) < 4.78 is 0. The fourth-order valence-electron chi connectivity index (χ4n) is 1.76. The molecule has 0 aliphatic heterocycles. The Balaban J connectivity index is 5.92. The lowest BCUT2D eigenvalue weighted by Gasteiger charge is -2.30. The van der Waals surface area contributed by atoms with E-state index in [1.165, 1.54) is 19.9 Å². The molecule has 0 saturated carbocycles. The summed E-state index contributed by atoms with van der Waals surface area (Å²) in [7, 11) is 0. The highest BCUT2D eigenvalue weighted by Crippen LogP contribution is 2.26. The second-order valence-electron chi connectivity index (χ2n) is 4.51. The highest BCUT2D eigenvalue weighted by Gasteiger charge is 2.50. The maximum absolute atomic E-state index is 12.1. The quantitative estimate of drug-likeness (QED) is 0.312. The van der Waals surface area contributed by atoms with Crippen LogP contribution in [0, 0.1) is 0 Å². The Morgan fingerprint density at radius 2 is 1.68 bits per heavy atom. The van der Waals surface area contributed by atoms with Crippen molar-refractivity contribution in [3.63, 3.8) is 0 Å². The van der Waals surface area contributed by atoms with E-state index in [1.807, 2.05) is 0 Å². The largest absolute Gasteiger partial charge is 0.372 e. The van der Waals surface area contributed by atoms with Gasteiger partial charge in [0.25, 0.3) is 0 Å². The van der Waals surface area contributed by atoms with Gasteiger partial charge in [-0.3, -0.25) is 9.59 Å². The molecule has 1 unspecified atom stereocenters. The van der Waals surface area contributed by atoms with E-state index in [4.69, 9.17) is 0 Å². The zero-order valence-corrected chi connectivity index (χ0v) is 11.5. The molecule has 1 N–H and O–H groups in total. The van der Waals surface area contributed by atoms with Gasteiger partial charge < -0.3 is 5.11 Å². The topological polar surface area (TPSA) is 83.8 Å². The van der Waals surface area contributed by atoms with Crippen LogP contribution in [0.1, 0.15) is 33.6 Å². The fourth-order valence-corrected chi connectivity index (χ4v) is 1.76.